The standard InChI is InChI=1S/C20H13ClF3NO4S/c21-14-8-10-15(11-9-14)29-18-7-2-1-6-17(18)19(26)25-30(27,28)16-5-3-4-13(12-16)20(22,23)24/h1-12H,(H,25,26). The number of halogens is 4. The minimum Gasteiger partial charge on any atom is -0.457 e. The molecule has 3 aromatic rings. The molecule has 0 aliphatic carbocycles. The summed E-state index contributed by atoms with van der Waals surface area (Å²) in [5.41, 5.74) is -1.27. The first kappa shape index (κ1) is 21.7. The van der Waals surface area contributed by atoms with Gasteiger partial charge in [-0.1, -0.05) is 29.8 Å². The van der Waals surface area contributed by atoms with Crippen LogP contribution < -0.4 is 9.46 Å². The molecule has 0 atom stereocenters. The molecule has 30 heavy (non-hydrogen) atoms. The molecule has 156 valence electrons. The first-order valence-electron chi connectivity index (χ1n) is 8.33. The Morgan fingerprint density at radius 1 is 0.933 bits per heavy atom. The summed E-state index contributed by atoms with van der Waals surface area (Å²) in [4.78, 5) is 11.9. The molecule has 0 unspecified atom stereocenters. The summed E-state index contributed by atoms with van der Waals surface area (Å²) in [6, 6.07) is 15.1. The number of carbonyl (C=O) groups is 1. The SMILES string of the molecule is O=C(NS(=O)(=O)c1cccc(C(F)(F)F)c1)c1ccccc1Oc1ccc(Cl)cc1. The number of para-hydroxylation sites is 1. The Morgan fingerprint density at radius 2 is 1.60 bits per heavy atom. The van der Waals surface area contributed by atoms with E-state index in [1.165, 1.54) is 18.2 Å². The number of rotatable bonds is 5. The summed E-state index contributed by atoms with van der Waals surface area (Å²) in [6.45, 7) is 0. The Morgan fingerprint density at radius 3 is 2.27 bits per heavy atom. The van der Waals surface area contributed by atoms with E-state index in [0.717, 1.165) is 18.2 Å². The van der Waals surface area contributed by atoms with Crippen LogP contribution in [0, 0.1) is 0 Å². The number of nitrogens with one attached hydrogen (secondary N) is 1. The summed E-state index contributed by atoms with van der Waals surface area (Å²) < 4.78 is 70.9. The zero-order valence-corrected chi connectivity index (χ0v) is 16.6. The zero-order chi connectivity index (χ0) is 21.9. The summed E-state index contributed by atoms with van der Waals surface area (Å²) in [5.74, 6) is -0.658. The smallest absolute Gasteiger partial charge is 0.416 e. The molecule has 10 heteroatoms. The summed E-state index contributed by atoms with van der Waals surface area (Å²) >= 11 is 5.81. The number of hydrogen-bond acceptors (Lipinski definition) is 4. The Kier molecular flexibility index (Phi) is 6.04. The molecule has 3 aromatic carbocycles. The Bertz CT molecular complexity index is 1180. The lowest BCUT2D eigenvalue weighted by Crippen LogP contribution is -2.31. The van der Waals surface area contributed by atoms with E-state index in [1.54, 1.807) is 35.1 Å². The molecule has 0 bridgehead atoms. The van der Waals surface area contributed by atoms with E-state index in [0.29, 0.717) is 16.8 Å². The van der Waals surface area contributed by atoms with Crippen LogP contribution in [0.4, 0.5) is 13.2 Å². The van der Waals surface area contributed by atoms with Crippen LogP contribution in [0.3, 0.4) is 0 Å². The van der Waals surface area contributed by atoms with Crippen LogP contribution in [-0.2, 0) is 16.2 Å². The lowest BCUT2D eigenvalue weighted by molar-refractivity contribution is -0.137. The summed E-state index contributed by atoms with van der Waals surface area (Å²) in [7, 11) is -4.56. The van der Waals surface area contributed by atoms with Crippen LogP contribution in [0.2, 0.25) is 5.02 Å². The van der Waals surface area contributed by atoms with Gasteiger partial charge >= 0.3 is 6.18 Å². The highest BCUT2D eigenvalue weighted by atomic mass is 35.5. The molecule has 0 heterocycles. The van der Waals surface area contributed by atoms with Crippen molar-refractivity contribution in [3.8, 4) is 11.5 Å². The van der Waals surface area contributed by atoms with Crippen molar-refractivity contribution in [2.75, 3.05) is 0 Å². The van der Waals surface area contributed by atoms with E-state index >= 15 is 0 Å². The van der Waals surface area contributed by atoms with Crippen LogP contribution in [0.25, 0.3) is 0 Å². The number of ether oxygens (including phenoxy) is 1. The molecule has 0 saturated carbocycles. The Hall–Kier alpha value is -3.04. The minimum atomic E-state index is -4.73. The van der Waals surface area contributed by atoms with Gasteiger partial charge in [-0.25, -0.2) is 13.1 Å². The van der Waals surface area contributed by atoms with Crippen molar-refractivity contribution in [3.63, 3.8) is 0 Å². The normalized spacial score (nSPS) is 11.7. The van der Waals surface area contributed by atoms with Gasteiger partial charge in [0.05, 0.1) is 16.0 Å². The number of alkyl halides is 3. The number of carbonyl (C=O) groups excluding carboxylic acids is 1. The van der Waals surface area contributed by atoms with Crippen LogP contribution in [-0.4, -0.2) is 14.3 Å². The van der Waals surface area contributed by atoms with Gasteiger partial charge in [0.25, 0.3) is 15.9 Å². The van der Waals surface area contributed by atoms with E-state index in [2.05, 4.69) is 0 Å². The first-order chi connectivity index (χ1) is 14.1. The maximum absolute atomic E-state index is 12.9. The monoisotopic (exact) mass is 455 g/mol. The largest absolute Gasteiger partial charge is 0.457 e. The zero-order valence-electron chi connectivity index (χ0n) is 15.0. The average Bonchev–Trinajstić information content (AvgIpc) is 2.69. The lowest BCUT2D eigenvalue weighted by atomic mass is 10.2. The third-order valence-electron chi connectivity index (χ3n) is 3.87. The topological polar surface area (TPSA) is 72.5 Å². The summed E-state index contributed by atoms with van der Waals surface area (Å²) in [6.07, 6.45) is -4.73. The van der Waals surface area contributed by atoms with E-state index in [1.807, 2.05) is 0 Å². The highest BCUT2D eigenvalue weighted by Gasteiger charge is 2.32. The summed E-state index contributed by atoms with van der Waals surface area (Å²) in [5, 5.41) is 0.473. The van der Waals surface area contributed by atoms with Gasteiger partial charge in [0.15, 0.2) is 0 Å². The van der Waals surface area contributed by atoms with Gasteiger partial charge in [0.1, 0.15) is 11.5 Å². The third-order valence-corrected chi connectivity index (χ3v) is 5.45. The molecule has 0 aliphatic heterocycles. The van der Waals surface area contributed by atoms with Crippen molar-refractivity contribution in [2.24, 2.45) is 0 Å². The second kappa shape index (κ2) is 8.37. The van der Waals surface area contributed by atoms with Crippen LogP contribution >= 0.6 is 11.6 Å². The van der Waals surface area contributed by atoms with Crippen molar-refractivity contribution >= 4 is 27.5 Å². The highest BCUT2D eigenvalue weighted by Crippen LogP contribution is 2.31. The van der Waals surface area contributed by atoms with Gasteiger partial charge < -0.3 is 4.74 Å². The second-order valence-electron chi connectivity index (χ2n) is 6.01. The highest BCUT2D eigenvalue weighted by molar-refractivity contribution is 7.90. The quantitative estimate of drug-likeness (QED) is 0.569. The van der Waals surface area contributed by atoms with E-state index in [-0.39, 0.29) is 11.3 Å². The van der Waals surface area contributed by atoms with Gasteiger partial charge in [-0.05, 0) is 54.6 Å². The van der Waals surface area contributed by atoms with Gasteiger partial charge in [0, 0.05) is 5.02 Å². The molecule has 0 aromatic heterocycles. The lowest BCUT2D eigenvalue weighted by Gasteiger charge is -2.13. The molecular formula is C20H13ClF3NO4S. The van der Waals surface area contributed by atoms with E-state index in [4.69, 9.17) is 16.3 Å². The van der Waals surface area contributed by atoms with Crippen molar-refractivity contribution in [3.05, 3.63) is 88.9 Å². The van der Waals surface area contributed by atoms with Crippen molar-refractivity contribution < 1.29 is 31.1 Å². The van der Waals surface area contributed by atoms with Gasteiger partial charge in [-0.2, -0.15) is 13.2 Å². The molecule has 0 saturated heterocycles. The number of sulfonamides is 1. The fraction of sp³-hybridized carbons (Fsp3) is 0.0500. The minimum absolute atomic E-state index is 0.0524. The molecular weight excluding hydrogens is 443 g/mol. The Labute approximate surface area is 175 Å². The molecule has 1 amide bonds. The predicted octanol–water partition coefficient (Wildman–Crippen LogP) is 5.27. The predicted molar refractivity (Wildman–Crippen MR) is 104 cm³/mol. The molecule has 0 spiro atoms. The molecule has 1 N–H and O–H groups in total. The molecule has 3 rings (SSSR count). The molecule has 0 aliphatic rings. The van der Waals surface area contributed by atoms with Crippen LogP contribution in [0.15, 0.2) is 77.7 Å². The third kappa shape index (κ3) is 5.11. The van der Waals surface area contributed by atoms with Gasteiger partial charge in [-0.15, -0.1) is 0 Å². The maximum atomic E-state index is 12.9. The second-order valence-corrected chi connectivity index (χ2v) is 8.13. The average molecular weight is 456 g/mol. The first-order valence-corrected chi connectivity index (χ1v) is 10.2. The molecule has 0 fully saturated rings. The fourth-order valence-corrected chi connectivity index (χ4v) is 3.59. The number of hydrogen-bond donors (Lipinski definition) is 1. The van der Waals surface area contributed by atoms with Gasteiger partial charge in [-0.3, -0.25) is 4.79 Å². The van der Waals surface area contributed by atoms with Crippen LogP contribution in [0.5, 0.6) is 11.5 Å². The molecule has 5 nitrogen and oxygen atoms in total. The molecule has 0 radical (unpaired) electrons. The number of benzene rings is 3. The van der Waals surface area contributed by atoms with Crippen molar-refractivity contribution in [1.29, 1.82) is 0 Å². The van der Waals surface area contributed by atoms with Crippen LogP contribution in [0.1, 0.15) is 15.9 Å². The van der Waals surface area contributed by atoms with E-state index in [9.17, 15) is 26.4 Å². The van der Waals surface area contributed by atoms with Crippen molar-refractivity contribution in [2.45, 2.75) is 11.1 Å². The fourth-order valence-electron chi connectivity index (χ4n) is 2.45. The number of amides is 1. The maximum Gasteiger partial charge on any atom is 0.416 e. The van der Waals surface area contributed by atoms with Crippen molar-refractivity contribution in [1.82, 2.24) is 4.72 Å². The van der Waals surface area contributed by atoms with Gasteiger partial charge in [0.2, 0.25) is 0 Å². The van der Waals surface area contributed by atoms with E-state index < -0.39 is 32.6 Å². The Balaban J connectivity index is 1.86.